The summed E-state index contributed by atoms with van der Waals surface area (Å²) in [6.45, 7) is 1.65. The third-order valence-electron chi connectivity index (χ3n) is 2.48. The summed E-state index contributed by atoms with van der Waals surface area (Å²) >= 11 is 0. The molecule has 1 N–H and O–H groups in total. The van der Waals surface area contributed by atoms with Crippen LogP contribution in [0.5, 0.6) is 0 Å². The molecule has 96 valence electrons. The Morgan fingerprint density at radius 1 is 0.789 bits per heavy atom. The topological polar surface area (TPSA) is 37.8 Å². The molecule has 2 heterocycles. The Hall–Kier alpha value is -2.26. The van der Waals surface area contributed by atoms with Gasteiger partial charge in [-0.3, -0.25) is 9.97 Å². The molecule has 0 aliphatic heterocycles. The fraction of sp³-hybridized carbons (Fsp3) is 0.125. The lowest BCUT2D eigenvalue weighted by molar-refractivity contribution is 0.846. The second-order valence-electron chi connectivity index (χ2n) is 3.97. The third-order valence-corrected chi connectivity index (χ3v) is 2.48. The molecule has 2 aromatic rings. The normalized spacial score (nSPS) is 11.4. The van der Waals surface area contributed by atoms with Gasteiger partial charge in [0, 0.05) is 25.5 Å². The molecule has 0 saturated carbocycles. The van der Waals surface area contributed by atoms with Gasteiger partial charge in [-0.1, -0.05) is 24.3 Å². The number of hydrogen-bond donors (Lipinski definition) is 1. The van der Waals surface area contributed by atoms with Crippen LogP contribution >= 0.6 is 0 Å². The molecule has 0 radical (unpaired) electrons. The summed E-state index contributed by atoms with van der Waals surface area (Å²) in [6, 6.07) is 11.8. The predicted octanol–water partition coefficient (Wildman–Crippen LogP) is 2.79. The van der Waals surface area contributed by atoms with Crippen molar-refractivity contribution in [1.29, 1.82) is 0 Å². The standard InChI is InChI=1S/C16H17N3/c1-3-13-18-15(7-1)9-5-11-17-12-6-10-16-8-2-4-14-19-16/h1-10,13-14,17H,11-12H2. The molecule has 0 amide bonds. The van der Waals surface area contributed by atoms with Crippen molar-refractivity contribution in [3.8, 4) is 0 Å². The van der Waals surface area contributed by atoms with E-state index < -0.39 is 0 Å². The van der Waals surface area contributed by atoms with Crippen LogP contribution in [0.2, 0.25) is 0 Å². The van der Waals surface area contributed by atoms with Crippen LogP contribution in [-0.4, -0.2) is 23.1 Å². The summed E-state index contributed by atoms with van der Waals surface area (Å²) in [5, 5.41) is 3.30. The highest BCUT2D eigenvalue weighted by Gasteiger charge is 1.85. The van der Waals surface area contributed by atoms with Crippen molar-refractivity contribution in [2.24, 2.45) is 0 Å². The lowest BCUT2D eigenvalue weighted by Crippen LogP contribution is -2.12. The van der Waals surface area contributed by atoms with Crippen LogP contribution < -0.4 is 5.32 Å². The summed E-state index contributed by atoms with van der Waals surface area (Å²) in [4.78, 5) is 8.43. The van der Waals surface area contributed by atoms with E-state index in [-0.39, 0.29) is 0 Å². The zero-order chi connectivity index (χ0) is 13.2. The minimum absolute atomic E-state index is 0.823. The van der Waals surface area contributed by atoms with Crippen LogP contribution in [0, 0.1) is 0 Å². The Labute approximate surface area is 113 Å². The van der Waals surface area contributed by atoms with E-state index in [1.807, 2.05) is 48.6 Å². The molecule has 19 heavy (non-hydrogen) atoms. The summed E-state index contributed by atoms with van der Waals surface area (Å²) < 4.78 is 0. The lowest BCUT2D eigenvalue weighted by Gasteiger charge is -1.96. The maximum absolute atomic E-state index is 4.22. The molecule has 0 spiro atoms. The van der Waals surface area contributed by atoms with Crippen LogP contribution in [0.25, 0.3) is 12.2 Å². The molecule has 0 aromatic carbocycles. The highest BCUT2D eigenvalue weighted by Crippen LogP contribution is 1.96. The van der Waals surface area contributed by atoms with E-state index in [0.717, 1.165) is 24.5 Å². The number of hydrogen-bond acceptors (Lipinski definition) is 3. The molecule has 3 heteroatoms. The first-order valence-electron chi connectivity index (χ1n) is 6.31. The van der Waals surface area contributed by atoms with Crippen molar-refractivity contribution in [3.63, 3.8) is 0 Å². The van der Waals surface area contributed by atoms with Gasteiger partial charge in [-0.05, 0) is 36.4 Å². The third kappa shape index (κ3) is 5.27. The minimum atomic E-state index is 0.823. The zero-order valence-corrected chi connectivity index (χ0v) is 10.7. The van der Waals surface area contributed by atoms with Crippen molar-refractivity contribution < 1.29 is 0 Å². The Kier molecular flexibility index (Phi) is 5.51. The van der Waals surface area contributed by atoms with E-state index in [1.165, 1.54) is 0 Å². The molecule has 2 aromatic heterocycles. The van der Waals surface area contributed by atoms with Gasteiger partial charge >= 0.3 is 0 Å². The van der Waals surface area contributed by atoms with Gasteiger partial charge in [-0.2, -0.15) is 0 Å². The predicted molar refractivity (Wildman–Crippen MR) is 79.4 cm³/mol. The monoisotopic (exact) mass is 251 g/mol. The van der Waals surface area contributed by atoms with E-state index in [0.29, 0.717) is 0 Å². The van der Waals surface area contributed by atoms with Crippen LogP contribution in [0.4, 0.5) is 0 Å². The molecule has 0 atom stereocenters. The van der Waals surface area contributed by atoms with Gasteiger partial charge in [0.15, 0.2) is 0 Å². The average molecular weight is 251 g/mol. The number of aromatic nitrogens is 2. The van der Waals surface area contributed by atoms with Gasteiger partial charge in [0.1, 0.15) is 0 Å². The average Bonchev–Trinajstić information content (AvgIpc) is 2.48. The molecule has 0 unspecified atom stereocenters. The van der Waals surface area contributed by atoms with Gasteiger partial charge < -0.3 is 5.32 Å². The van der Waals surface area contributed by atoms with Gasteiger partial charge in [0.25, 0.3) is 0 Å². The number of nitrogens with zero attached hydrogens (tertiary/aromatic N) is 2. The lowest BCUT2D eigenvalue weighted by atomic mass is 10.3. The molecule has 0 saturated heterocycles. The fourth-order valence-corrected chi connectivity index (χ4v) is 1.56. The first-order valence-corrected chi connectivity index (χ1v) is 6.31. The first kappa shape index (κ1) is 13.2. The van der Waals surface area contributed by atoms with Gasteiger partial charge in [-0.15, -0.1) is 0 Å². The Bertz CT molecular complexity index is 469. The van der Waals surface area contributed by atoms with E-state index in [9.17, 15) is 0 Å². The molecule has 0 aliphatic rings. The summed E-state index contributed by atoms with van der Waals surface area (Å²) in [6.07, 6.45) is 11.7. The number of nitrogens with one attached hydrogen (secondary N) is 1. The number of rotatable bonds is 6. The quantitative estimate of drug-likeness (QED) is 0.802. The van der Waals surface area contributed by atoms with Gasteiger partial charge in [-0.25, -0.2) is 0 Å². The largest absolute Gasteiger partial charge is 0.310 e. The smallest absolute Gasteiger partial charge is 0.0626 e. The molecule has 0 bridgehead atoms. The summed E-state index contributed by atoms with van der Waals surface area (Å²) in [7, 11) is 0. The van der Waals surface area contributed by atoms with Crippen LogP contribution in [0.3, 0.4) is 0 Å². The second kappa shape index (κ2) is 7.95. The molecule has 2 rings (SSSR count). The van der Waals surface area contributed by atoms with Crippen molar-refractivity contribution in [2.45, 2.75) is 0 Å². The van der Waals surface area contributed by atoms with Crippen molar-refractivity contribution in [1.82, 2.24) is 15.3 Å². The highest BCUT2D eigenvalue weighted by atomic mass is 14.8. The van der Waals surface area contributed by atoms with Crippen molar-refractivity contribution in [3.05, 3.63) is 72.3 Å². The summed E-state index contributed by atoms with van der Waals surface area (Å²) in [5.74, 6) is 0. The fourth-order valence-electron chi connectivity index (χ4n) is 1.56. The van der Waals surface area contributed by atoms with Gasteiger partial charge in [0.05, 0.1) is 11.4 Å². The van der Waals surface area contributed by atoms with E-state index in [4.69, 9.17) is 0 Å². The first-order chi connectivity index (χ1) is 9.45. The highest BCUT2D eigenvalue weighted by molar-refractivity contribution is 5.44. The zero-order valence-electron chi connectivity index (χ0n) is 10.7. The molecule has 3 nitrogen and oxygen atoms in total. The maximum atomic E-state index is 4.22. The second-order valence-corrected chi connectivity index (χ2v) is 3.97. The van der Waals surface area contributed by atoms with Crippen LogP contribution in [-0.2, 0) is 0 Å². The van der Waals surface area contributed by atoms with Crippen LogP contribution in [0.1, 0.15) is 11.4 Å². The van der Waals surface area contributed by atoms with Crippen molar-refractivity contribution >= 4 is 12.2 Å². The number of pyridine rings is 2. The van der Waals surface area contributed by atoms with Gasteiger partial charge in [0.2, 0.25) is 0 Å². The SMILES string of the molecule is C(=Cc1ccccn1)CNCC=Cc1ccccn1. The Morgan fingerprint density at radius 2 is 1.32 bits per heavy atom. The Morgan fingerprint density at radius 3 is 1.74 bits per heavy atom. The van der Waals surface area contributed by atoms with E-state index >= 15 is 0 Å². The van der Waals surface area contributed by atoms with E-state index in [2.05, 4.69) is 27.4 Å². The molecular weight excluding hydrogens is 234 g/mol. The molecule has 0 fully saturated rings. The minimum Gasteiger partial charge on any atom is -0.310 e. The maximum Gasteiger partial charge on any atom is 0.0626 e. The molecular formula is C16H17N3. The Balaban J connectivity index is 1.65. The van der Waals surface area contributed by atoms with Crippen LogP contribution in [0.15, 0.2) is 60.9 Å². The van der Waals surface area contributed by atoms with E-state index in [1.54, 1.807) is 12.4 Å². The molecule has 0 aliphatic carbocycles. The van der Waals surface area contributed by atoms with Crippen molar-refractivity contribution in [2.75, 3.05) is 13.1 Å². The summed E-state index contributed by atoms with van der Waals surface area (Å²) in [5.41, 5.74) is 1.96.